The summed E-state index contributed by atoms with van der Waals surface area (Å²) in [5.41, 5.74) is 0.156. The summed E-state index contributed by atoms with van der Waals surface area (Å²) in [7, 11) is 1.58. The first-order chi connectivity index (χ1) is 10.7. The highest BCUT2D eigenvalue weighted by Crippen LogP contribution is 2.42. The first-order valence-corrected chi connectivity index (χ1v) is 8.27. The number of amides is 1. The minimum atomic E-state index is -1.03. The summed E-state index contributed by atoms with van der Waals surface area (Å²) < 4.78 is 10.5. The van der Waals surface area contributed by atoms with E-state index in [1.165, 1.54) is 16.7 Å². The van der Waals surface area contributed by atoms with Crippen molar-refractivity contribution in [3.05, 3.63) is 29.8 Å². The van der Waals surface area contributed by atoms with Gasteiger partial charge in [0.15, 0.2) is 0 Å². The van der Waals surface area contributed by atoms with Crippen LogP contribution in [-0.2, 0) is 9.53 Å². The number of methoxy groups -OCH3 is 1. The van der Waals surface area contributed by atoms with E-state index in [1.54, 1.807) is 40.0 Å². The lowest BCUT2D eigenvalue weighted by molar-refractivity contribution is -0.142. The molecular weight excluding hydrogens is 318 g/mol. The van der Waals surface area contributed by atoms with Gasteiger partial charge in [0, 0.05) is 5.75 Å². The van der Waals surface area contributed by atoms with Crippen LogP contribution in [-0.4, -0.2) is 46.6 Å². The van der Waals surface area contributed by atoms with Crippen LogP contribution in [0, 0.1) is 0 Å². The maximum atomic E-state index is 12.5. The molecule has 1 saturated heterocycles. The van der Waals surface area contributed by atoms with E-state index in [0.717, 1.165) is 5.56 Å². The van der Waals surface area contributed by atoms with E-state index in [1.807, 2.05) is 12.1 Å². The Morgan fingerprint density at radius 3 is 2.35 bits per heavy atom. The molecule has 1 heterocycles. The summed E-state index contributed by atoms with van der Waals surface area (Å²) in [6, 6.07) is 6.34. The predicted molar refractivity (Wildman–Crippen MR) is 87.7 cm³/mol. The SMILES string of the molecule is COc1ccc(C2SC[C@@H](C(=O)O)N2C(=O)OC(C)(C)C)cc1. The van der Waals surface area contributed by atoms with Gasteiger partial charge < -0.3 is 14.6 Å². The van der Waals surface area contributed by atoms with Crippen molar-refractivity contribution in [1.29, 1.82) is 0 Å². The number of hydrogen-bond acceptors (Lipinski definition) is 5. The van der Waals surface area contributed by atoms with Crippen molar-refractivity contribution in [3.8, 4) is 5.75 Å². The molecule has 1 aliphatic heterocycles. The zero-order chi connectivity index (χ0) is 17.2. The van der Waals surface area contributed by atoms with Crippen LogP contribution in [0.1, 0.15) is 31.7 Å². The van der Waals surface area contributed by atoms with Crippen LogP contribution in [0.5, 0.6) is 5.75 Å². The predicted octanol–water partition coefficient (Wildman–Crippen LogP) is 3.13. The van der Waals surface area contributed by atoms with Crippen molar-refractivity contribution in [3.63, 3.8) is 0 Å². The van der Waals surface area contributed by atoms with Gasteiger partial charge in [-0.25, -0.2) is 9.59 Å². The number of hydrogen-bond donors (Lipinski definition) is 1. The van der Waals surface area contributed by atoms with Crippen LogP contribution in [0.3, 0.4) is 0 Å². The quantitative estimate of drug-likeness (QED) is 0.912. The Balaban J connectivity index is 2.29. The number of benzene rings is 1. The second kappa shape index (κ2) is 6.70. The van der Waals surface area contributed by atoms with Gasteiger partial charge in [0.2, 0.25) is 0 Å². The zero-order valence-electron chi connectivity index (χ0n) is 13.6. The monoisotopic (exact) mass is 339 g/mol. The molecule has 126 valence electrons. The lowest BCUT2D eigenvalue weighted by atomic mass is 10.1. The highest BCUT2D eigenvalue weighted by Gasteiger charge is 2.44. The van der Waals surface area contributed by atoms with Gasteiger partial charge in [-0.15, -0.1) is 11.8 Å². The Kier molecular flexibility index (Phi) is 5.09. The largest absolute Gasteiger partial charge is 0.497 e. The Morgan fingerprint density at radius 1 is 1.26 bits per heavy atom. The number of carbonyl (C=O) groups is 2. The Bertz CT molecular complexity index is 581. The summed E-state index contributed by atoms with van der Waals surface area (Å²) in [6.45, 7) is 5.27. The fraction of sp³-hybridized carbons (Fsp3) is 0.500. The molecule has 1 fully saturated rings. The molecule has 1 unspecified atom stereocenters. The molecule has 2 atom stereocenters. The number of nitrogens with zero attached hydrogens (tertiary/aromatic N) is 1. The van der Waals surface area contributed by atoms with E-state index in [2.05, 4.69) is 0 Å². The number of carboxylic acid groups (broad SMARTS) is 1. The molecule has 7 heteroatoms. The minimum absolute atomic E-state index is 0.325. The minimum Gasteiger partial charge on any atom is -0.497 e. The zero-order valence-corrected chi connectivity index (χ0v) is 14.4. The molecule has 1 aromatic carbocycles. The second-order valence-electron chi connectivity index (χ2n) is 6.20. The van der Waals surface area contributed by atoms with E-state index in [-0.39, 0.29) is 0 Å². The number of carboxylic acids is 1. The van der Waals surface area contributed by atoms with E-state index in [9.17, 15) is 14.7 Å². The molecule has 0 saturated carbocycles. The van der Waals surface area contributed by atoms with Crippen molar-refractivity contribution >= 4 is 23.8 Å². The average Bonchev–Trinajstić information content (AvgIpc) is 2.90. The number of rotatable bonds is 3. The van der Waals surface area contributed by atoms with E-state index < -0.39 is 29.1 Å². The number of carbonyl (C=O) groups excluding carboxylic acids is 1. The van der Waals surface area contributed by atoms with Crippen LogP contribution in [0.25, 0.3) is 0 Å². The molecule has 0 radical (unpaired) electrons. The third kappa shape index (κ3) is 4.10. The van der Waals surface area contributed by atoms with Gasteiger partial charge in [0.25, 0.3) is 0 Å². The molecule has 0 aliphatic carbocycles. The van der Waals surface area contributed by atoms with Crippen LogP contribution in [0.4, 0.5) is 4.79 Å². The van der Waals surface area contributed by atoms with Gasteiger partial charge >= 0.3 is 12.1 Å². The molecule has 23 heavy (non-hydrogen) atoms. The lowest BCUT2D eigenvalue weighted by Crippen LogP contribution is -2.45. The van der Waals surface area contributed by atoms with Crippen LogP contribution < -0.4 is 4.74 Å². The van der Waals surface area contributed by atoms with Gasteiger partial charge in [-0.05, 0) is 38.5 Å². The molecule has 1 N–H and O–H groups in total. The Hall–Kier alpha value is -1.89. The van der Waals surface area contributed by atoms with Crippen LogP contribution >= 0.6 is 11.8 Å². The van der Waals surface area contributed by atoms with E-state index >= 15 is 0 Å². The van der Waals surface area contributed by atoms with Gasteiger partial charge in [0.05, 0.1) is 7.11 Å². The molecule has 1 amide bonds. The molecule has 0 aromatic heterocycles. The maximum absolute atomic E-state index is 12.5. The third-order valence-corrected chi connectivity index (χ3v) is 4.61. The van der Waals surface area contributed by atoms with Crippen molar-refractivity contribution in [2.45, 2.75) is 37.8 Å². The standard InChI is InChI=1S/C16H21NO5S/c1-16(2,3)22-15(20)17-12(14(18)19)9-23-13(17)10-5-7-11(21-4)8-6-10/h5-8,12-13H,9H2,1-4H3,(H,18,19)/t12-,13?/m0/s1. The highest BCUT2D eigenvalue weighted by atomic mass is 32.2. The molecule has 0 spiro atoms. The first-order valence-electron chi connectivity index (χ1n) is 7.22. The van der Waals surface area contributed by atoms with Crippen molar-refractivity contribution in [2.24, 2.45) is 0 Å². The second-order valence-corrected chi connectivity index (χ2v) is 7.31. The normalized spacial score (nSPS) is 21.1. The van der Waals surface area contributed by atoms with Gasteiger partial charge in [-0.2, -0.15) is 0 Å². The summed E-state index contributed by atoms with van der Waals surface area (Å²) in [5.74, 6) is 0.000342. The van der Waals surface area contributed by atoms with Gasteiger partial charge in [0.1, 0.15) is 22.8 Å². The fourth-order valence-corrected chi connectivity index (χ4v) is 3.67. The van der Waals surface area contributed by atoms with Crippen LogP contribution in [0.2, 0.25) is 0 Å². The maximum Gasteiger partial charge on any atom is 0.412 e. The van der Waals surface area contributed by atoms with Gasteiger partial charge in [-0.1, -0.05) is 12.1 Å². The lowest BCUT2D eigenvalue weighted by Gasteiger charge is -2.30. The molecule has 1 aliphatic rings. The summed E-state index contributed by atoms with van der Waals surface area (Å²) in [5, 5.41) is 9.00. The van der Waals surface area contributed by atoms with Crippen molar-refractivity contribution in [2.75, 3.05) is 12.9 Å². The van der Waals surface area contributed by atoms with E-state index in [4.69, 9.17) is 9.47 Å². The number of ether oxygens (including phenoxy) is 2. The number of aliphatic carboxylic acids is 1. The third-order valence-electron chi connectivity index (χ3n) is 3.29. The molecule has 6 nitrogen and oxygen atoms in total. The van der Waals surface area contributed by atoms with Gasteiger partial charge in [-0.3, -0.25) is 4.90 Å². The van der Waals surface area contributed by atoms with Crippen molar-refractivity contribution in [1.82, 2.24) is 4.90 Å². The number of thioether (sulfide) groups is 1. The molecular formula is C16H21NO5S. The van der Waals surface area contributed by atoms with Crippen molar-refractivity contribution < 1.29 is 24.2 Å². The Labute approximate surface area is 139 Å². The average molecular weight is 339 g/mol. The molecule has 2 rings (SSSR count). The van der Waals surface area contributed by atoms with E-state index in [0.29, 0.717) is 11.5 Å². The Morgan fingerprint density at radius 2 is 1.87 bits per heavy atom. The van der Waals surface area contributed by atoms with Crippen LogP contribution in [0.15, 0.2) is 24.3 Å². The summed E-state index contributed by atoms with van der Waals surface area (Å²) in [4.78, 5) is 25.3. The molecule has 0 bridgehead atoms. The summed E-state index contributed by atoms with van der Waals surface area (Å²) in [6.07, 6.45) is -0.615. The molecule has 1 aromatic rings. The fourth-order valence-electron chi connectivity index (χ4n) is 2.26. The first kappa shape index (κ1) is 17.5. The smallest absolute Gasteiger partial charge is 0.412 e. The summed E-state index contributed by atoms with van der Waals surface area (Å²) >= 11 is 1.41. The topological polar surface area (TPSA) is 76.1 Å². The highest BCUT2D eigenvalue weighted by molar-refractivity contribution is 7.99.